The summed E-state index contributed by atoms with van der Waals surface area (Å²) >= 11 is 0. The summed E-state index contributed by atoms with van der Waals surface area (Å²) in [5.74, 6) is -2.37. The van der Waals surface area contributed by atoms with E-state index in [0.717, 1.165) is 16.4 Å². The van der Waals surface area contributed by atoms with Gasteiger partial charge in [0, 0.05) is 19.2 Å². The molecule has 0 bridgehead atoms. The average molecular weight is 313 g/mol. The second kappa shape index (κ2) is 5.66. The van der Waals surface area contributed by atoms with Crippen molar-refractivity contribution in [2.24, 2.45) is 0 Å². The van der Waals surface area contributed by atoms with Crippen LogP contribution in [0.25, 0.3) is 0 Å². The Hall–Kier alpha value is -2.19. The van der Waals surface area contributed by atoms with Crippen molar-refractivity contribution in [1.82, 2.24) is 4.31 Å². The van der Waals surface area contributed by atoms with Crippen LogP contribution in [0, 0.1) is 5.82 Å². The number of aromatic carboxylic acids is 1. The maximum Gasteiger partial charge on any atom is 0.371 e. The van der Waals surface area contributed by atoms with Crippen LogP contribution in [-0.4, -0.2) is 30.8 Å². The first-order valence-corrected chi connectivity index (χ1v) is 7.29. The Bertz CT molecular complexity index is 768. The number of benzene rings is 1. The molecule has 21 heavy (non-hydrogen) atoms. The molecule has 6 nitrogen and oxygen atoms in total. The fourth-order valence-corrected chi connectivity index (χ4v) is 2.73. The minimum absolute atomic E-state index is 0.196. The lowest BCUT2D eigenvalue weighted by molar-refractivity contribution is 0.0656. The molecule has 0 aliphatic heterocycles. The zero-order chi connectivity index (χ0) is 15.6. The molecule has 0 aliphatic carbocycles. The quantitative estimate of drug-likeness (QED) is 0.911. The van der Waals surface area contributed by atoms with Crippen LogP contribution in [0.5, 0.6) is 0 Å². The molecule has 1 aromatic heterocycles. The van der Waals surface area contributed by atoms with Gasteiger partial charge in [0.05, 0.1) is 0 Å². The topological polar surface area (TPSA) is 87.8 Å². The van der Waals surface area contributed by atoms with E-state index in [0.29, 0.717) is 0 Å². The summed E-state index contributed by atoms with van der Waals surface area (Å²) in [4.78, 5) is 10.7. The molecule has 0 fully saturated rings. The summed E-state index contributed by atoms with van der Waals surface area (Å²) in [7, 11) is -2.78. The highest BCUT2D eigenvalue weighted by Gasteiger charge is 2.26. The minimum Gasteiger partial charge on any atom is -0.475 e. The number of furan rings is 1. The predicted octanol–water partition coefficient (Wildman–Crippen LogP) is 1.94. The van der Waals surface area contributed by atoms with Gasteiger partial charge in [-0.2, -0.15) is 4.31 Å². The van der Waals surface area contributed by atoms with Crippen LogP contribution in [0.15, 0.2) is 45.9 Å². The molecule has 0 unspecified atom stereocenters. The van der Waals surface area contributed by atoms with Crippen molar-refractivity contribution >= 4 is 16.0 Å². The molecule has 0 radical (unpaired) electrons. The van der Waals surface area contributed by atoms with Gasteiger partial charge in [0.15, 0.2) is 0 Å². The first kappa shape index (κ1) is 15.2. The number of sulfonamides is 1. The van der Waals surface area contributed by atoms with Gasteiger partial charge in [0.25, 0.3) is 10.0 Å². The molecule has 2 rings (SSSR count). The lowest BCUT2D eigenvalue weighted by atomic mass is 10.2. The summed E-state index contributed by atoms with van der Waals surface area (Å²) in [5.41, 5.74) is 0.202. The average Bonchev–Trinajstić information content (AvgIpc) is 2.91. The van der Waals surface area contributed by atoms with Crippen LogP contribution in [0.3, 0.4) is 0 Å². The zero-order valence-electron chi connectivity index (χ0n) is 11.0. The van der Waals surface area contributed by atoms with Crippen molar-refractivity contribution in [2.75, 3.05) is 7.05 Å². The normalized spacial score (nSPS) is 11.8. The van der Waals surface area contributed by atoms with E-state index in [1.165, 1.54) is 25.2 Å². The molecule has 0 amide bonds. The fraction of sp³-hybridized carbons (Fsp3) is 0.154. The maximum atomic E-state index is 13.5. The van der Waals surface area contributed by atoms with E-state index in [4.69, 9.17) is 9.52 Å². The molecule has 0 aliphatic rings. The molecular weight excluding hydrogens is 301 g/mol. The third-order valence-electron chi connectivity index (χ3n) is 2.81. The van der Waals surface area contributed by atoms with Gasteiger partial charge in [-0.05, 0) is 18.2 Å². The number of halogens is 1. The van der Waals surface area contributed by atoms with E-state index in [1.807, 2.05) is 0 Å². The molecule has 0 atom stereocenters. The third kappa shape index (κ3) is 3.11. The Balaban J connectivity index is 2.26. The Kier molecular flexibility index (Phi) is 4.10. The van der Waals surface area contributed by atoms with Crippen molar-refractivity contribution in [2.45, 2.75) is 11.6 Å². The van der Waals surface area contributed by atoms with Gasteiger partial charge >= 0.3 is 5.97 Å². The molecule has 0 saturated carbocycles. The van der Waals surface area contributed by atoms with E-state index < -0.39 is 32.7 Å². The van der Waals surface area contributed by atoms with Crippen molar-refractivity contribution in [1.29, 1.82) is 0 Å². The van der Waals surface area contributed by atoms with Gasteiger partial charge in [-0.15, -0.1) is 0 Å². The van der Waals surface area contributed by atoms with E-state index >= 15 is 0 Å². The molecule has 112 valence electrons. The monoisotopic (exact) mass is 313 g/mol. The summed E-state index contributed by atoms with van der Waals surface area (Å²) in [6.45, 7) is -0.196. The Morgan fingerprint density at radius 1 is 1.29 bits per heavy atom. The van der Waals surface area contributed by atoms with E-state index in [1.54, 1.807) is 6.07 Å². The zero-order valence-corrected chi connectivity index (χ0v) is 11.8. The first-order chi connectivity index (χ1) is 9.82. The molecule has 1 N–H and O–H groups in total. The standard InChI is InChI=1S/C13H12FNO5S/c1-15(8-9-4-2-3-5-10(9)14)21(18,19)12-7-6-11(20-12)13(16)17/h2-7H,8H2,1H3,(H,16,17). The van der Waals surface area contributed by atoms with E-state index in [-0.39, 0.29) is 12.1 Å². The Morgan fingerprint density at radius 3 is 2.52 bits per heavy atom. The number of carboxylic acids is 1. The van der Waals surface area contributed by atoms with Crippen molar-refractivity contribution in [3.63, 3.8) is 0 Å². The van der Waals surface area contributed by atoms with Gasteiger partial charge in [-0.3, -0.25) is 0 Å². The molecule has 1 aromatic carbocycles. The van der Waals surface area contributed by atoms with Crippen LogP contribution in [-0.2, 0) is 16.6 Å². The van der Waals surface area contributed by atoms with Gasteiger partial charge in [0.2, 0.25) is 10.9 Å². The highest BCUT2D eigenvalue weighted by molar-refractivity contribution is 7.88. The number of hydrogen-bond donors (Lipinski definition) is 1. The summed E-state index contributed by atoms with van der Waals surface area (Å²) in [6.07, 6.45) is 0. The van der Waals surface area contributed by atoms with Gasteiger partial charge in [-0.1, -0.05) is 18.2 Å². The predicted molar refractivity (Wildman–Crippen MR) is 70.7 cm³/mol. The molecule has 0 spiro atoms. The Labute approximate surface area is 120 Å². The SMILES string of the molecule is CN(Cc1ccccc1F)S(=O)(=O)c1ccc(C(=O)O)o1. The lowest BCUT2D eigenvalue weighted by Gasteiger charge is -2.15. The van der Waals surface area contributed by atoms with Crippen LogP contribution >= 0.6 is 0 Å². The summed E-state index contributed by atoms with van der Waals surface area (Å²) < 4.78 is 43.6. The number of hydrogen-bond acceptors (Lipinski definition) is 4. The Morgan fingerprint density at radius 2 is 1.95 bits per heavy atom. The van der Waals surface area contributed by atoms with Crippen LogP contribution in [0.4, 0.5) is 4.39 Å². The lowest BCUT2D eigenvalue weighted by Crippen LogP contribution is -2.26. The second-order valence-electron chi connectivity index (χ2n) is 4.28. The largest absolute Gasteiger partial charge is 0.475 e. The molecule has 8 heteroatoms. The van der Waals surface area contributed by atoms with Gasteiger partial charge in [0.1, 0.15) is 5.82 Å². The fourth-order valence-electron chi connectivity index (χ4n) is 1.68. The van der Waals surface area contributed by atoms with Crippen molar-refractivity contribution in [3.05, 3.63) is 53.5 Å². The highest BCUT2D eigenvalue weighted by Crippen LogP contribution is 2.20. The molecule has 1 heterocycles. The second-order valence-corrected chi connectivity index (χ2v) is 6.25. The van der Waals surface area contributed by atoms with Gasteiger partial charge in [-0.25, -0.2) is 17.6 Å². The van der Waals surface area contributed by atoms with Crippen LogP contribution in [0.1, 0.15) is 16.1 Å². The molecular formula is C13H12FNO5S. The third-order valence-corrected chi connectivity index (χ3v) is 4.49. The number of carbonyl (C=O) groups is 1. The maximum absolute atomic E-state index is 13.5. The molecule has 0 saturated heterocycles. The first-order valence-electron chi connectivity index (χ1n) is 5.85. The van der Waals surface area contributed by atoms with E-state index in [2.05, 4.69) is 0 Å². The summed E-state index contributed by atoms with van der Waals surface area (Å²) in [5, 5.41) is 8.22. The number of rotatable bonds is 5. The molecule has 2 aromatic rings. The highest BCUT2D eigenvalue weighted by atomic mass is 32.2. The van der Waals surface area contributed by atoms with Crippen LogP contribution in [0.2, 0.25) is 0 Å². The minimum atomic E-state index is -4.03. The number of nitrogens with zero attached hydrogens (tertiary/aromatic N) is 1. The van der Waals surface area contributed by atoms with Crippen molar-refractivity contribution < 1.29 is 27.1 Å². The van der Waals surface area contributed by atoms with Gasteiger partial charge < -0.3 is 9.52 Å². The smallest absolute Gasteiger partial charge is 0.371 e. The number of carboxylic acid groups (broad SMARTS) is 1. The summed E-state index contributed by atoms with van der Waals surface area (Å²) in [6, 6.07) is 7.88. The van der Waals surface area contributed by atoms with Crippen molar-refractivity contribution in [3.8, 4) is 0 Å². The van der Waals surface area contributed by atoms with E-state index in [9.17, 15) is 17.6 Å². The van der Waals surface area contributed by atoms with Crippen LogP contribution < -0.4 is 0 Å².